The summed E-state index contributed by atoms with van der Waals surface area (Å²) in [5.41, 5.74) is 2.27. The van der Waals surface area contributed by atoms with Crippen LogP contribution in [0.15, 0.2) is 35.3 Å². The predicted octanol–water partition coefficient (Wildman–Crippen LogP) is 3.44. The molecule has 0 aliphatic heterocycles. The number of rotatable bonds is 5. The van der Waals surface area contributed by atoms with Crippen molar-refractivity contribution in [2.75, 3.05) is 0 Å². The molecular weight excluding hydrogens is 372 g/mol. The summed E-state index contributed by atoms with van der Waals surface area (Å²) in [6, 6.07) is 5.47. The van der Waals surface area contributed by atoms with Crippen LogP contribution in [0.4, 0.5) is 0 Å². The number of Topliss-reactive ketones (excluding diaryl/α,β-unsaturated/α-hetero) is 1. The van der Waals surface area contributed by atoms with Gasteiger partial charge >= 0.3 is 0 Å². The van der Waals surface area contributed by atoms with E-state index in [4.69, 9.17) is 4.74 Å². The van der Waals surface area contributed by atoms with Gasteiger partial charge in [-0.3, -0.25) is 9.78 Å². The summed E-state index contributed by atoms with van der Waals surface area (Å²) in [6.07, 6.45) is 5.70. The van der Waals surface area contributed by atoms with E-state index in [1.807, 2.05) is 23.7 Å². The third-order valence-electron chi connectivity index (χ3n) is 4.07. The summed E-state index contributed by atoms with van der Waals surface area (Å²) >= 11 is 3.38. The van der Waals surface area contributed by atoms with Crippen LogP contribution in [0.25, 0.3) is 11.2 Å². The van der Waals surface area contributed by atoms with Crippen LogP contribution in [0, 0.1) is 5.92 Å². The van der Waals surface area contributed by atoms with Gasteiger partial charge in [-0.05, 0) is 34.8 Å². The summed E-state index contributed by atoms with van der Waals surface area (Å²) in [4.78, 5) is 24.8. The smallest absolute Gasteiger partial charge is 0.179 e. The van der Waals surface area contributed by atoms with Crippen molar-refractivity contribution < 1.29 is 9.53 Å². The van der Waals surface area contributed by atoms with Gasteiger partial charge in [-0.1, -0.05) is 0 Å². The van der Waals surface area contributed by atoms with E-state index in [0.29, 0.717) is 28.3 Å². The largest absolute Gasteiger partial charge is 0.456 e. The lowest BCUT2D eigenvalue weighted by Gasteiger charge is -2.07. The first-order valence-electron chi connectivity index (χ1n) is 7.73. The average Bonchev–Trinajstić information content (AvgIpc) is 3.37. The number of ketones is 1. The minimum absolute atomic E-state index is 0.242. The Labute approximate surface area is 147 Å². The van der Waals surface area contributed by atoms with Crippen molar-refractivity contribution >= 4 is 32.9 Å². The second-order valence-corrected chi connectivity index (χ2v) is 6.67. The highest BCUT2D eigenvalue weighted by atomic mass is 79.9. The van der Waals surface area contributed by atoms with Crippen molar-refractivity contribution in [3.63, 3.8) is 0 Å². The number of carbonyl (C=O) groups is 1. The van der Waals surface area contributed by atoms with Gasteiger partial charge in [0.1, 0.15) is 17.3 Å². The number of ether oxygens (including phenoxy) is 1. The number of imidazole rings is 1. The summed E-state index contributed by atoms with van der Waals surface area (Å²) in [5, 5.41) is 0. The third-order valence-corrected chi connectivity index (χ3v) is 4.78. The first-order valence-corrected chi connectivity index (χ1v) is 8.53. The fraction of sp³-hybridized carbons (Fsp3) is 0.294. The number of fused-ring (bicyclic) bond motifs is 1. The van der Waals surface area contributed by atoms with E-state index >= 15 is 0 Å². The number of halogens is 1. The summed E-state index contributed by atoms with van der Waals surface area (Å²) in [7, 11) is 1.90. The lowest BCUT2D eigenvalue weighted by atomic mass is 10.1. The van der Waals surface area contributed by atoms with Gasteiger partial charge in [0.2, 0.25) is 0 Å². The molecule has 122 valence electrons. The molecule has 7 heteroatoms. The molecular formula is C17H15BrN4O2. The zero-order chi connectivity index (χ0) is 16.7. The zero-order valence-corrected chi connectivity index (χ0v) is 14.7. The Kier molecular flexibility index (Phi) is 3.80. The average molecular weight is 387 g/mol. The highest BCUT2D eigenvalue weighted by molar-refractivity contribution is 9.10. The van der Waals surface area contributed by atoms with E-state index in [0.717, 1.165) is 24.1 Å². The molecule has 6 nitrogen and oxygen atoms in total. The molecule has 0 unspecified atom stereocenters. The van der Waals surface area contributed by atoms with Crippen molar-refractivity contribution in [1.29, 1.82) is 0 Å². The Morgan fingerprint density at radius 2 is 2.17 bits per heavy atom. The molecule has 3 aromatic rings. The van der Waals surface area contributed by atoms with Crippen LogP contribution in [0.5, 0.6) is 11.5 Å². The molecule has 0 N–H and O–H groups in total. The maximum atomic E-state index is 11.9. The molecule has 3 aromatic heterocycles. The van der Waals surface area contributed by atoms with Crippen LogP contribution < -0.4 is 4.74 Å². The minimum atomic E-state index is 0.242. The van der Waals surface area contributed by atoms with Crippen LogP contribution in [0.1, 0.15) is 18.5 Å². The molecule has 0 spiro atoms. The Balaban J connectivity index is 1.56. The van der Waals surface area contributed by atoms with E-state index < -0.39 is 0 Å². The fourth-order valence-corrected chi connectivity index (χ4v) is 2.92. The molecule has 0 radical (unpaired) electrons. The molecule has 1 saturated carbocycles. The minimum Gasteiger partial charge on any atom is -0.456 e. The Hall–Kier alpha value is -2.28. The van der Waals surface area contributed by atoms with Gasteiger partial charge in [-0.25, -0.2) is 9.97 Å². The predicted molar refractivity (Wildman–Crippen MR) is 92.0 cm³/mol. The van der Waals surface area contributed by atoms with Gasteiger partial charge in [-0.2, -0.15) is 0 Å². The zero-order valence-electron chi connectivity index (χ0n) is 13.1. The van der Waals surface area contributed by atoms with Crippen molar-refractivity contribution in [2.45, 2.75) is 19.3 Å². The number of hydrogen-bond donors (Lipinski definition) is 0. The van der Waals surface area contributed by atoms with E-state index in [9.17, 15) is 4.79 Å². The van der Waals surface area contributed by atoms with E-state index in [1.54, 1.807) is 18.5 Å². The Bertz CT molecular complexity index is 933. The van der Waals surface area contributed by atoms with Gasteiger partial charge in [0.05, 0.1) is 17.4 Å². The Morgan fingerprint density at radius 3 is 2.96 bits per heavy atom. The van der Waals surface area contributed by atoms with Crippen molar-refractivity contribution in [1.82, 2.24) is 19.5 Å². The maximum Gasteiger partial charge on any atom is 0.179 e. The number of pyridine rings is 2. The second kappa shape index (κ2) is 5.98. The number of aryl methyl sites for hydroxylation is 1. The number of hydrogen-bond acceptors (Lipinski definition) is 5. The lowest BCUT2D eigenvalue weighted by molar-refractivity contribution is -0.119. The molecule has 1 fully saturated rings. The van der Waals surface area contributed by atoms with E-state index in [-0.39, 0.29) is 11.7 Å². The van der Waals surface area contributed by atoms with Crippen LogP contribution in [-0.4, -0.2) is 25.3 Å². The van der Waals surface area contributed by atoms with Gasteiger partial charge < -0.3 is 9.30 Å². The fourth-order valence-electron chi connectivity index (χ4n) is 2.56. The summed E-state index contributed by atoms with van der Waals surface area (Å²) in [5.74, 6) is 1.77. The van der Waals surface area contributed by atoms with Gasteiger partial charge in [-0.15, -0.1) is 0 Å². The topological polar surface area (TPSA) is 69.9 Å². The van der Waals surface area contributed by atoms with E-state index in [2.05, 4.69) is 30.9 Å². The quantitative estimate of drug-likeness (QED) is 0.671. The van der Waals surface area contributed by atoms with Crippen molar-refractivity contribution in [2.24, 2.45) is 13.0 Å². The highest BCUT2D eigenvalue weighted by Gasteiger charge is 2.29. The van der Waals surface area contributed by atoms with Crippen LogP contribution in [0.3, 0.4) is 0 Å². The molecule has 24 heavy (non-hydrogen) atoms. The lowest BCUT2D eigenvalue weighted by Crippen LogP contribution is -2.06. The number of aromatic nitrogens is 4. The molecule has 1 aliphatic carbocycles. The van der Waals surface area contributed by atoms with Gasteiger partial charge in [0, 0.05) is 37.7 Å². The maximum absolute atomic E-state index is 11.9. The van der Waals surface area contributed by atoms with Crippen LogP contribution >= 0.6 is 15.9 Å². The third kappa shape index (κ3) is 3.03. The van der Waals surface area contributed by atoms with E-state index in [1.165, 1.54) is 0 Å². The molecule has 4 rings (SSSR count). The van der Waals surface area contributed by atoms with Crippen molar-refractivity contribution in [3.05, 3.63) is 41.0 Å². The highest BCUT2D eigenvalue weighted by Crippen LogP contribution is 2.31. The second-order valence-electron chi connectivity index (χ2n) is 5.96. The molecule has 0 aromatic carbocycles. The summed E-state index contributed by atoms with van der Waals surface area (Å²) in [6.45, 7) is 0. The molecule has 0 saturated heterocycles. The molecule has 0 amide bonds. The summed E-state index contributed by atoms with van der Waals surface area (Å²) < 4.78 is 8.48. The standard InChI is InChI=1S/C17H15BrN4O2/c1-22-14-8-13(9-20-16(14)21-17(22)18)24-12-4-5-19-11(6-12)7-15(23)10-2-3-10/h4-6,8-10H,2-3,7H2,1H3. The van der Waals surface area contributed by atoms with Gasteiger partial charge in [0.25, 0.3) is 0 Å². The molecule has 0 bridgehead atoms. The van der Waals surface area contributed by atoms with Crippen molar-refractivity contribution in [3.8, 4) is 11.5 Å². The Morgan fingerprint density at radius 1 is 1.33 bits per heavy atom. The SMILES string of the molecule is Cn1c(Br)nc2ncc(Oc3ccnc(CC(=O)C4CC4)c3)cc21. The first-order chi connectivity index (χ1) is 11.6. The normalized spacial score (nSPS) is 14.1. The monoisotopic (exact) mass is 386 g/mol. The van der Waals surface area contributed by atoms with Crippen LogP contribution in [-0.2, 0) is 18.3 Å². The number of nitrogens with zero attached hydrogens (tertiary/aromatic N) is 4. The first kappa shape index (κ1) is 15.3. The molecule has 3 heterocycles. The number of carbonyl (C=O) groups excluding carboxylic acids is 1. The molecule has 1 aliphatic rings. The van der Waals surface area contributed by atoms with Gasteiger partial charge in [0.15, 0.2) is 10.4 Å². The molecule has 0 atom stereocenters. The van der Waals surface area contributed by atoms with Crippen LogP contribution in [0.2, 0.25) is 0 Å².